The maximum atomic E-state index is 5.54. The maximum absolute atomic E-state index is 5.54. The first-order valence-corrected chi connectivity index (χ1v) is 4.00. The Kier molecular flexibility index (Phi) is 2.13. The van der Waals surface area contributed by atoms with E-state index in [2.05, 4.69) is 31.9 Å². The maximum Gasteiger partial charge on any atom is 0.0546 e. The van der Waals surface area contributed by atoms with E-state index >= 15 is 0 Å². The van der Waals surface area contributed by atoms with Crippen LogP contribution in [0.25, 0.3) is 0 Å². The molecule has 1 aromatic rings. The molecule has 1 nitrogen and oxygen atoms in total. The van der Waals surface area contributed by atoms with Crippen molar-refractivity contribution < 1.29 is 0 Å². The highest BCUT2D eigenvalue weighted by molar-refractivity contribution is 9.13. The van der Waals surface area contributed by atoms with E-state index in [1.165, 1.54) is 0 Å². The van der Waals surface area contributed by atoms with E-state index in [-0.39, 0.29) is 0 Å². The summed E-state index contributed by atoms with van der Waals surface area (Å²) in [5, 5.41) is 0. The largest absolute Gasteiger partial charge is 0.398 e. The summed E-state index contributed by atoms with van der Waals surface area (Å²) in [5.74, 6) is 0. The van der Waals surface area contributed by atoms with Crippen molar-refractivity contribution in [2.24, 2.45) is 0 Å². The third-order valence-electron chi connectivity index (χ3n) is 0.981. The topological polar surface area (TPSA) is 26.0 Å². The van der Waals surface area contributed by atoms with Gasteiger partial charge in [-0.25, -0.2) is 0 Å². The van der Waals surface area contributed by atoms with Gasteiger partial charge in [0.25, 0.3) is 0 Å². The number of hydrogen-bond donors (Lipinski definition) is 1. The number of rotatable bonds is 0. The molecule has 1 aromatic carbocycles. The van der Waals surface area contributed by atoms with Crippen molar-refractivity contribution in [3.05, 3.63) is 27.1 Å². The summed E-state index contributed by atoms with van der Waals surface area (Å²) in [4.78, 5) is 0. The first-order valence-electron chi connectivity index (χ1n) is 2.41. The van der Waals surface area contributed by atoms with Gasteiger partial charge in [0.05, 0.1) is 4.47 Å². The van der Waals surface area contributed by atoms with Crippen LogP contribution in [0.15, 0.2) is 27.1 Å². The monoisotopic (exact) mass is 249 g/mol. The van der Waals surface area contributed by atoms with Crippen LogP contribution in [0.2, 0.25) is 0 Å². The average molecular weight is 251 g/mol. The van der Waals surface area contributed by atoms with E-state index in [9.17, 15) is 0 Å². The van der Waals surface area contributed by atoms with Gasteiger partial charge in [0.1, 0.15) is 0 Å². The van der Waals surface area contributed by atoms with Crippen molar-refractivity contribution in [3.8, 4) is 0 Å². The lowest BCUT2D eigenvalue weighted by molar-refractivity contribution is 1.58. The molecule has 0 aromatic heterocycles. The summed E-state index contributed by atoms with van der Waals surface area (Å²) in [6.45, 7) is 0. The van der Waals surface area contributed by atoms with E-state index in [1.807, 2.05) is 18.2 Å². The van der Waals surface area contributed by atoms with E-state index in [0.717, 1.165) is 14.6 Å². The molecule has 0 fully saturated rings. The lowest BCUT2D eigenvalue weighted by Crippen LogP contribution is -1.84. The predicted octanol–water partition coefficient (Wildman–Crippen LogP) is 2.79. The van der Waals surface area contributed by atoms with Gasteiger partial charge in [-0.15, -0.1) is 0 Å². The van der Waals surface area contributed by atoms with Gasteiger partial charge in [0.15, 0.2) is 0 Å². The molecule has 0 amide bonds. The third-order valence-corrected chi connectivity index (χ3v) is 3.06. The lowest BCUT2D eigenvalue weighted by Gasteiger charge is -1.97. The van der Waals surface area contributed by atoms with Crippen LogP contribution in [0, 0.1) is 0 Å². The fourth-order valence-electron chi connectivity index (χ4n) is 0.520. The van der Waals surface area contributed by atoms with E-state index in [0.29, 0.717) is 0 Å². The second-order valence-electron chi connectivity index (χ2n) is 1.64. The SMILES string of the molecule is Nc1cccc(Br)c1Br. The number of benzene rings is 1. The van der Waals surface area contributed by atoms with E-state index < -0.39 is 0 Å². The Morgan fingerprint density at radius 3 is 2.33 bits per heavy atom. The molecular formula is C6H5Br2N. The normalized spacial score (nSPS) is 9.56. The molecule has 2 N–H and O–H groups in total. The molecule has 0 aliphatic rings. The zero-order valence-electron chi connectivity index (χ0n) is 4.57. The molecular weight excluding hydrogens is 246 g/mol. The highest BCUT2D eigenvalue weighted by Crippen LogP contribution is 2.27. The van der Waals surface area contributed by atoms with Crippen LogP contribution in [0.3, 0.4) is 0 Å². The quantitative estimate of drug-likeness (QED) is 0.705. The zero-order valence-corrected chi connectivity index (χ0v) is 7.74. The Morgan fingerprint density at radius 2 is 1.89 bits per heavy atom. The van der Waals surface area contributed by atoms with Crippen LogP contribution in [-0.2, 0) is 0 Å². The first kappa shape index (κ1) is 7.09. The van der Waals surface area contributed by atoms with Gasteiger partial charge in [-0.3, -0.25) is 0 Å². The van der Waals surface area contributed by atoms with Gasteiger partial charge >= 0.3 is 0 Å². The van der Waals surface area contributed by atoms with Crippen LogP contribution < -0.4 is 5.73 Å². The number of hydrogen-bond acceptors (Lipinski definition) is 1. The van der Waals surface area contributed by atoms with Gasteiger partial charge in [-0.1, -0.05) is 6.07 Å². The molecule has 0 atom stereocenters. The highest BCUT2D eigenvalue weighted by Gasteiger charge is 1.96. The second-order valence-corrected chi connectivity index (χ2v) is 3.29. The minimum absolute atomic E-state index is 0.754. The lowest BCUT2D eigenvalue weighted by atomic mass is 10.3. The molecule has 0 saturated carbocycles. The predicted molar refractivity (Wildman–Crippen MR) is 46.3 cm³/mol. The van der Waals surface area contributed by atoms with Crippen LogP contribution in [-0.4, -0.2) is 0 Å². The molecule has 0 aliphatic heterocycles. The number of anilines is 1. The molecule has 1 rings (SSSR count). The molecule has 3 heteroatoms. The van der Waals surface area contributed by atoms with Gasteiger partial charge in [0.2, 0.25) is 0 Å². The first-order chi connectivity index (χ1) is 4.22. The van der Waals surface area contributed by atoms with Crippen molar-refractivity contribution in [2.45, 2.75) is 0 Å². The summed E-state index contributed by atoms with van der Waals surface area (Å²) in [6.07, 6.45) is 0. The second kappa shape index (κ2) is 2.71. The summed E-state index contributed by atoms with van der Waals surface area (Å²) in [7, 11) is 0. The molecule has 0 radical (unpaired) electrons. The van der Waals surface area contributed by atoms with Crippen molar-refractivity contribution in [1.29, 1.82) is 0 Å². The Balaban J connectivity index is 3.25. The summed E-state index contributed by atoms with van der Waals surface area (Å²) >= 11 is 6.63. The molecule has 0 aliphatic carbocycles. The zero-order chi connectivity index (χ0) is 6.85. The number of halogens is 2. The minimum Gasteiger partial charge on any atom is -0.398 e. The molecule has 0 saturated heterocycles. The summed E-state index contributed by atoms with van der Waals surface area (Å²) < 4.78 is 1.91. The average Bonchev–Trinajstić information content (AvgIpc) is 1.83. The van der Waals surface area contributed by atoms with E-state index in [1.54, 1.807) is 0 Å². The van der Waals surface area contributed by atoms with Crippen molar-refractivity contribution in [1.82, 2.24) is 0 Å². The molecule has 48 valence electrons. The summed E-state index contributed by atoms with van der Waals surface area (Å²) in [6, 6.07) is 5.67. The highest BCUT2D eigenvalue weighted by atomic mass is 79.9. The van der Waals surface area contributed by atoms with Gasteiger partial charge in [-0.2, -0.15) is 0 Å². The fourth-order valence-corrected chi connectivity index (χ4v) is 1.17. The smallest absolute Gasteiger partial charge is 0.0546 e. The van der Waals surface area contributed by atoms with Gasteiger partial charge in [-0.05, 0) is 44.0 Å². The Bertz CT molecular complexity index is 202. The molecule has 0 bridgehead atoms. The third kappa shape index (κ3) is 1.46. The number of nitrogens with two attached hydrogens (primary N) is 1. The molecule has 0 spiro atoms. The Hall–Kier alpha value is -0.0200. The molecule has 0 heterocycles. The fraction of sp³-hybridized carbons (Fsp3) is 0. The van der Waals surface area contributed by atoms with Gasteiger partial charge < -0.3 is 5.73 Å². The van der Waals surface area contributed by atoms with Crippen LogP contribution in [0.1, 0.15) is 0 Å². The standard InChI is InChI=1S/C6H5Br2N/c7-4-2-1-3-5(9)6(4)8/h1-3H,9H2. The Labute approximate surface area is 70.5 Å². The van der Waals surface area contributed by atoms with Crippen molar-refractivity contribution in [2.75, 3.05) is 5.73 Å². The minimum atomic E-state index is 0.754. The Morgan fingerprint density at radius 1 is 1.22 bits per heavy atom. The van der Waals surface area contributed by atoms with Crippen LogP contribution in [0.4, 0.5) is 5.69 Å². The van der Waals surface area contributed by atoms with Crippen molar-refractivity contribution in [3.63, 3.8) is 0 Å². The molecule has 0 unspecified atom stereocenters. The molecule has 9 heavy (non-hydrogen) atoms. The van der Waals surface area contributed by atoms with E-state index in [4.69, 9.17) is 5.73 Å². The number of nitrogen functional groups attached to an aromatic ring is 1. The van der Waals surface area contributed by atoms with Crippen LogP contribution >= 0.6 is 31.9 Å². The van der Waals surface area contributed by atoms with Crippen molar-refractivity contribution >= 4 is 37.5 Å². The van der Waals surface area contributed by atoms with Gasteiger partial charge in [0, 0.05) is 10.2 Å². The van der Waals surface area contributed by atoms with Crippen LogP contribution in [0.5, 0.6) is 0 Å². The summed E-state index contributed by atoms with van der Waals surface area (Å²) in [5.41, 5.74) is 6.30.